The highest BCUT2D eigenvalue weighted by Crippen LogP contribution is 2.17. The number of benzene rings is 1. The van der Waals surface area contributed by atoms with Crippen LogP contribution in [0.15, 0.2) is 18.2 Å². The number of carbonyl (C=O) groups is 1. The van der Waals surface area contributed by atoms with Crippen LogP contribution in [0, 0.1) is 6.92 Å². The molecule has 1 aromatic rings. The largest absolute Gasteiger partial charge is 0.507 e. The van der Waals surface area contributed by atoms with Crippen LogP contribution < -0.4 is 5.32 Å². The molecule has 4 nitrogen and oxygen atoms in total. The number of aromatic hydroxyl groups is 1. The molecule has 0 heterocycles. The molecule has 0 bridgehead atoms. The third-order valence-corrected chi connectivity index (χ3v) is 3.01. The summed E-state index contributed by atoms with van der Waals surface area (Å²) in [5, 5.41) is 12.5. The van der Waals surface area contributed by atoms with Crippen molar-refractivity contribution >= 4 is 5.91 Å². The van der Waals surface area contributed by atoms with Crippen LogP contribution in [0.3, 0.4) is 0 Å². The van der Waals surface area contributed by atoms with E-state index in [1.807, 2.05) is 13.0 Å². The minimum absolute atomic E-state index is 0.0374. The normalized spacial score (nSPS) is 10.7. The van der Waals surface area contributed by atoms with Gasteiger partial charge in [-0.3, -0.25) is 4.79 Å². The Balaban J connectivity index is 2.50. The molecule has 0 unspecified atom stereocenters. The highest BCUT2D eigenvalue weighted by Gasteiger charge is 2.10. The monoisotopic (exact) mass is 250 g/mol. The predicted molar refractivity (Wildman–Crippen MR) is 73.0 cm³/mol. The van der Waals surface area contributed by atoms with E-state index in [-0.39, 0.29) is 11.7 Å². The second-order valence-electron chi connectivity index (χ2n) is 4.30. The number of amides is 1. The average molecular weight is 250 g/mol. The molecular weight excluding hydrogens is 228 g/mol. The van der Waals surface area contributed by atoms with Gasteiger partial charge in [0.05, 0.1) is 5.56 Å². The van der Waals surface area contributed by atoms with Gasteiger partial charge in [0.1, 0.15) is 5.75 Å². The first-order valence-electron chi connectivity index (χ1n) is 6.38. The maximum absolute atomic E-state index is 11.8. The summed E-state index contributed by atoms with van der Waals surface area (Å²) in [5.74, 6) is -0.185. The number of hydrogen-bond acceptors (Lipinski definition) is 3. The summed E-state index contributed by atoms with van der Waals surface area (Å²) in [6, 6.07) is 5.07. The quantitative estimate of drug-likeness (QED) is 0.809. The van der Waals surface area contributed by atoms with Gasteiger partial charge in [0.25, 0.3) is 5.91 Å². The lowest BCUT2D eigenvalue weighted by atomic mass is 10.1. The second kappa shape index (κ2) is 7.01. The summed E-state index contributed by atoms with van der Waals surface area (Å²) >= 11 is 0. The van der Waals surface area contributed by atoms with Crippen LogP contribution in [-0.4, -0.2) is 42.1 Å². The molecule has 2 N–H and O–H groups in total. The molecule has 4 heteroatoms. The van der Waals surface area contributed by atoms with Crippen molar-refractivity contribution in [3.8, 4) is 5.75 Å². The van der Waals surface area contributed by atoms with Crippen molar-refractivity contribution in [2.24, 2.45) is 0 Å². The Hall–Kier alpha value is -1.55. The zero-order valence-corrected chi connectivity index (χ0v) is 11.4. The van der Waals surface area contributed by atoms with E-state index >= 15 is 0 Å². The maximum Gasteiger partial charge on any atom is 0.255 e. The van der Waals surface area contributed by atoms with Crippen LogP contribution >= 0.6 is 0 Å². The molecule has 0 radical (unpaired) electrons. The lowest BCUT2D eigenvalue weighted by molar-refractivity contribution is 0.0946. The Morgan fingerprint density at radius 2 is 2.00 bits per heavy atom. The van der Waals surface area contributed by atoms with Crippen molar-refractivity contribution in [1.82, 2.24) is 10.2 Å². The molecule has 0 fully saturated rings. The van der Waals surface area contributed by atoms with Gasteiger partial charge in [-0.05, 0) is 37.7 Å². The molecule has 1 rings (SSSR count). The number of likely N-dealkylation sites (N-methyl/N-ethyl adjacent to an activating group) is 1. The lowest BCUT2D eigenvalue weighted by Crippen LogP contribution is -2.34. The van der Waals surface area contributed by atoms with E-state index in [4.69, 9.17) is 0 Å². The standard InChI is InChI=1S/C14H22N2O2/c1-4-16(5-2)9-8-15-14(18)12-7-6-11(3)10-13(12)17/h6-7,10,17H,4-5,8-9H2,1-3H3,(H,15,18). The first-order chi connectivity index (χ1) is 8.58. The predicted octanol–water partition coefficient (Wildman–Crippen LogP) is 1.77. The zero-order chi connectivity index (χ0) is 13.5. The molecule has 0 saturated heterocycles. The highest BCUT2D eigenvalue weighted by atomic mass is 16.3. The van der Waals surface area contributed by atoms with Gasteiger partial charge in [0.15, 0.2) is 0 Å². The molecule has 0 spiro atoms. The van der Waals surface area contributed by atoms with Crippen molar-refractivity contribution in [2.75, 3.05) is 26.2 Å². The smallest absolute Gasteiger partial charge is 0.255 e. The Bertz CT molecular complexity index is 401. The molecule has 1 amide bonds. The number of phenolic OH excluding ortho intramolecular Hbond substituents is 1. The lowest BCUT2D eigenvalue weighted by Gasteiger charge is -2.18. The minimum Gasteiger partial charge on any atom is -0.507 e. The zero-order valence-electron chi connectivity index (χ0n) is 11.4. The number of aryl methyl sites for hydroxylation is 1. The average Bonchev–Trinajstić information content (AvgIpc) is 2.34. The van der Waals surface area contributed by atoms with Crippen LogP contribution in [0.4, 0.5) is 0 Å². The third-order valence-electron chi connectivity index (χ3n) is 3.01. The van der Waals surface area contributed by atoms with Gasteiger partial charge >= 0.3 is 0 Å². The number of nitrogens with zero attached hydrogens (tertiary/aromatic N) is 1. The van der Waals surface area contributed by atoms with E-state index in [0.717, 1.165) is 25.2 Å². The molecule has 0 aliphatic heterocycles. The van der Waals surface area contributed by atoms with E-state index < -0.39 is 0 Å². The number of phenols is 1. The van der Waals surface area contributed by atoms with Crippen molar-refractivity contribution in [2.45, 2.75) is 20.8 Å². The summed E-state index contributed by atoms with van der Waals surface area (Å²) in [6.07, 6.45) is 0. The number of nitrogens with one attached hydrogen (secondary N) is 1. The van der Waals surface area contributed by atoms with Crippen LogP contribution in [-0.2, 0) is 0 Å². The van der Waals surface area contributed by atoms with Crippen LogP contribution in [0.25, 0.3) is 0 Å². The summed E-state index contributed by atoms with van der Waals surface area (Å²) in [6.45, 7) is 9.43. The van der Waals surface area contributed by atoms with E-state index in [9.17, 15) is 9.90 Å². The van der Waals surface area contributed by atoms with Gasteiger partial charge in [0, 0.05) is 13.1 Å². The molecule has 0 aliphatic carbocycles. The Morgan fingerprint density at radius 1 is 1.33 bits per heavy atom. The van der Waals surface area contributed by atoms with Gasteiger partial charge in [-0.15, -0.1) is 0 Å². The first kappa shape index (κ1) is 14.5. The van der Waals surface area contributed by atoms with Crippen molar-refractivity contribution in [3.63, 3.8) is 0 Å². The summed E-state index contributed by atoms with van der Waals surface area (Å²) in [7, 11) is 0. The van der Waals surface area contributed by atoms with E-state index in [2.05, 4.69) is 24.1 Å². The number of carbonyl (C=O) groups excluding carboxylic acids is 1. The van der Waals surface area contributed by atoms with Crippen LogP contribution in [0.2, 0.25) is 0 Å². The first-order valence-corrected chi connectivity index (χ1v) is 6.38. The molecule has 1 aromatic carbocycles. The van der Waals surface area contributed by atoms with Gasteiger partial charge in [-0.2, -0.15) is 0 Å². The molecule has 0 saturated carbocycles. The molecule has 0 aromatic heterocycles. The second-order valence-corrected chi connectivity index (χ2v) is 4.30. The fraction of sp³-hybridized carbons (Fsp3) is 0.500. The Kier molecular flexibility index (Phi) is 5.65. The summed E-state index contributed by atoms with van der Waals surface area (Å²) in [4.78, 5) is 14.1. The molecule has 0 aliphatic rings. The SMILES string of the molecule is CCN(CC)CCNC(=O)c1ccc(C)cc1O. The molecule has 18 heavy (non-hydrogen) atoms. The fourth-order valence-corrected chi connectivity index (χ4v) is 1.80. The van der Waals surface area contributed by atoms with Crippen molar-refractivity contribution in [3.05, 3.63) is 29.3 Å². The molecule has 0 atom stereocenters. The van der Waals surface area contributed by atoms with Crippen LogP contribution in [0.1, 0.15) is 29.8 Å². The van der Waals surface area contributed by atoms with E-state index in [1.54, 1.807) is 12.1 Å². The Labute approximate surface area is 109 Å². The van der Waals surface area contributed by atoms with Gasteiger partial charge in [-0.25, -0.2) is 0 Å². The molecule has 100 valence electrons. The van der Waals surface area contributed by atoms with E-state index in [0.29, 0.717) is 12.1 Å². The summed E-state index contributed by atoms with van der Waals surface area (Å²) in [5.41, 5.74) is 1.27. The van der Waals surface area contributed by atoms with Crippen LogP contribution in [0.5, 0.6) is 5.75 Å². The van der Waals surface area contributed by atoms with Gasteiger partial charge in [0.2, 0.25) is 0 Å². The van der Waals surface area contributed by atoms with E-state index in [1.165, 1.54) is 0 Å². The van der Waals surface area contributed by atoms with Crippen molar-refractivity contribution in [1.29, 1.82) is 0 Å². The maximum atomic E-state index is 11.8. The Morgan fingerprint density at radius 3 is 2.56 bits per heavy atom. The highest BCUT2D eigenvalue weighted by molar-refractivity contribution is 5.96. The number of hydrogen-bond donors (Lipinski definition) is 2. The third kappa shape index (κ3) is 4.04. The summed E-state index contributed by atoms with van der Waals surface area (Å²) < 4.78 is 0. The number of rotatable bonds is 6. The minimum atomic E-state index is -0.223. The molecular formula is C14H22N2O2. The van der Waals surface area contributed by atoms with Gasteiger partial charge in [-0.1, -0.05) is 19.9 Å². The van der Waals surface area contributed by atoms with Crippen molar-refractivity contribution < 1.29 is 9.90 Å². The van der Waals surface area contributed by atoms with Gasteiger partial charge < -0.3 is 15.3 Å². The topological polar surface area (TPSA) is 52.6 Å². The fourth-order valence-electron chi connectivity index (χ4n) is 1.80.